The summed E-state index contributed by atoms with van der Waals surface area (Å²) in [6.45, 7) is 4.90. The quantitative estimate of drug-likeness (QED) is 0.576. The number of carboxylic acid groups (broad SMARTS) is 1. The first-order valence-corrected chi connectivity index (χ1v) is 6.85. The average molecular weight is 299 g/mol. The van der Waals surface area contributed by atoms with Gasteiger partial charge in [0.15, 0.2) is 0 Å². The lowest BCUT2D eigenvalue weighted by Gasteiger charge is -2.17. The number of aliphatic carboxylic acids is 1. The SMILES string of the molecule is CCCC(NC(=O)CCN1C(=O)NC(C)(C)C1=O)C(=O)O. The molecule has 1 aliphatic rings. The van der Waals surface area contributed by atoms with Gasteiger partial charge in [-0.15, -0.1) is 0 Å². The van der Waals surface area contributed by atoms with Crippen LogP contribution in [0.4, 0.5) is 4.79 Å². The Labute approximate surface area is 122 Å². The number of nitrogens with one attached hydrogen (secondary N) is 2. The van der Waals surface area contributed by atoms with Crippen LogP contribution < -0.4 is 10.6 Å². The van der Waals surface area contributed by atoms with Crippen molar-refractivity contribution >= 4 is 23.8 Å². The fourth-order valence-electron chi connectivity index (χ4n) is 2.05. The normalized spacial score (nSPS) is 18.3. The molecule has 1 aliphatic heterocycles. The highest BCUT2D eigenvalue weighted by molar-refractivity contribution is 6.06. The standard InChI is InChI=1S/C13H21N3O5/c1-4-5-8(10(18)19)14-9(17)6-7-16-11(20)13(2,3)15-12(16)21/h8H,4-7H2,1-3H3,(H,14,17)(H,15,21)(H,18,19). The summed E-state index contributed by atoms with van der Waals surface area (Å²) in [4.78, 5) is 47.1. The zero-order valence-corrected chi connectivity index (χ0v) is 12.4. The van der Waals surface area contributed by atoms with Crippen molar-refractivity contribution < 1.29 is 24.3 Å². The predicted molar refractivity (Wildman–Crippen MR) is 73.4 cm³/mol. The van der Waals surface area contributed by atoms with Crippen molar-refractivity contribution in [3.63, 3.8) is 0 Å². The second-order valence-electron chi connectivity index (χ2n) is 5.51. The number of imide groups is 1. The number of urea groups is 1. The van der Waals surface area contributed by atoms with Gasteiger partial charge in [-0.1, -0.05) is 13.3 Å². The average Bonchev–Trinajstić information content (AvgIpc) is 2.56. The van der Waals surface area contributed by atoms with Gasteiger partial charge in [0.2, 0.25) is 5.91 Å². The lowest BCUT2D eigenvalue weighted by atomic mass is 10.1. The molecule has 4 amide bonds. The zero-order chi connectivity index (χ0) is 16.2. The third kappa shape index (κ3) is 4.17. The fraction of sp³-hybridized carbons (Fsp3) is 0.692. The highest BCUT2D eigenvalue weighted by atomic mass is 16.4. The molecule has 0 radical (unpaired) electrons. The Morgan fingerprint density at radius 3 is 2.43 bits per heavy atom. The summed E-state index contributed by atoms with van der Waals surface area (Å²) in [7, 11) is 0. The molecule has 3 N–H and O–H groups in total. The van der Waals surface area contributed by atoms with Gasteiger partial charge in [0.1, 0.15) is 11.6 Å². The molecule has 1 saturated heterocycles. The van der Waals surface area contributed by atoms with Gasteiger partial charge in [0.05, 0.1) is 0 Å². The summed E-state index contributed by atoms with van der Waals surface area (Å²) in [5.41, 5.74) is -0.973. The molecule has 0 aliphatic carbocycles. The zero-order valence-electron chi connectivity index (χ0n) is 12.4. The molecule has 8 nitrogen and oxygen atoms in total. The van der Waals surface area contributed by atoms with Gasteiger partial charge in [-0.3, -0.25) is 14.5 Å². The summed E-state index contributed by atoms with van der Waals surface area (Å²) < 4.78 is 0. The van der Waals surface area contributed by atoms with Gasteiger partial charge in [0.25, 0.3) is 5.91 Å². The van der Waals surface area contributed by atoms with Gasteiger partial charge in [0, 0.05) is 13.0 Å². The molecule has 1 heterocycles. The Morgan fingerprint density at radius 2 is 2.00 bits per heavy atom. The summed E-state index contributed by atoms with van der Waals surface area (Å²) in [5, 5.41) is 13.8. The monoisotopic (exact) mass is 299 g/mol. The highest BCUT2D eigenvalue weighted by Crippen LogP contribution is 2.16. The molecule has 1 fully saturated rings. The maximum atomic E-state index is 11.9. The topological polar surface area (TPSA) is 116 Å². The smallest absolute Gasteiger partial charge is 0.326 e. The molecule has 0 saturated carbocycles. The third-order valence-corrected chi connectivity index (χ3v) is 3.22. The van der Waals surface area contributed by atoms with E-state index in [4.69, 9.17) is 5.11 Å². The second kappa shape index (κ2) is 6.55. The Morgan fingerprint density at radius 1 is 1.38 bits per heavy atom. The first kappa shape index (κ1) is 16.9. The van der Waals surface area contributed by atoms with E-state index in [1.54, 1.807) is 13.8 Å². The number of amides is 4. The molecule has 0 bridgehead atoms. The third-order valence-electron chi connectivity index (χ3n) is 3.22. The minimum atomic E-state index is -1.10. The largest absolute Gasteiger partial charge is 0.480 e. The van der Waals surface area contributed by atoms with Gasteiger partial charge >= 0.3 is 12.0 Å². The summed E-state index contributed by atoms with van der Waals surface area (Å²) in [6, 6.07) is -1.48. The van der Waals surface area contributed by atoms with E-state index in [-0.39, 0.29) is 13.0 Å². The van der Waals surface area contributed by atoms with E-state index in [2.05, 4.69) is 10.6 Å². The summed E-state index contributed by atoms with van der Waals surface area (Å²) in [6.07, 6.45) is 0.832. The number of carbonyl (C=O) groups is 4. The van der Waals surface area contributed by atoms with Crippen molar-refractivity contribution in [1.29, 1.82) is 0 Å². The number of hydrogen-bond acceptors (Lipinski definition) is 4. The van der Waals surface area contributed by atoms with E-state index in [1.807, 2.05) is 6.92 Å². The lowest BCUT2D eigenvalue weighted by molar-refractivity contribution is -0.142. The van der Waals surface area contributed by atoms with E-state index in [0.29, 0.717) is 12.8 Å². The van der Waals surface area contributed by atoms with Crippen LogP contribution in [0, 0.1) is 0 Å². The van der Waals surface area contributed by atoms with Crippen LogP contribution in [0.2, 0.25) is 0 Å². The molecular formula is C13H21N3O5. The Balaban J connectivity index is 2.52. The molecule has 0 aromatic carbocycles. The van der Waals surface area contributed by atoms with E-state index in [1.165, 1.54) is 0 Å². The molecule has 118 valence electrons. The predicted octanol–water partition coefficient (Wildman–Crippen LogP) is 0.0764. The highest BCUT2D eigenvalue weighted by Gasteiger charge is 2.44. The fourth-order valence-corrected chi connectivity index (χ4v) is 2.05. The summed E-state index contributed by atoms with van der Waals surface area (Å²) >= 11 is 0. The maximum absolute atomic E-state index is 11.9. The maximum Gasteiger partial charge on any atom is 0.326 e. The van der Waals surface area contributed by atoms with Crippen LogP contribution in [-0.4, -0.2) is 51.9 Å². The molecule has 1 unspecified atom stereocenters. The first-order chi connectivity index (χ1) is 9.69. The van der Waals surface area contributed by atoms with Gasteiger partial charge in [-0.05, 0) is 20.3 Å². The van der Waals surface area contributed by atoms with Crippen molar-refractivity contribution in [3.05, 3.63) is 0 Å². The van der Waals surface area contributed by atoms with Crippen molar-refractivity contribution in [2.75, 3.05) is 6.54 Å². The molecule has 1 rings (SSSR count). The molecular weight excluding hydrogens is 278 g/mol. The van der Waals surface area contributed by atoms with Crippen molar-refractivity contribution in [2.24, 2.45) is 0 Å². The van der Waals surface area contributed by atoms with E-state index < -0.39 is 35.4 Å². The number of nitrogens with zero attached hydrogens (tertiary/aromatic N) is 1. The van der Waals surface area contributed by atoms with Crippen molar-refractivity contribution in [3.8, 4) is 0 Å². The van der Waals surface area contributed by atoms with Crippen LogP contribution in [-0.2, 0) is 14.4 Å². The number of hydrogen-bond donors (Lipinski definition) is 3. The number of rotatable bonds is 7. The van der Waals surface area contributed by atoms with Crippen molar-refractivity contribution in [2.45, 2.75) is 51.6 Å². The molecule has 0 aromatic heterocycles. The molecule has 0 spiro atoms. The second-order valence-corrected chi connectivity index (χ2v) is 5.51. The van der Waals surface area contributed by atoms with Crippen LogP contribution in [0.5, 0.6) is 0 Å². The van der Waals surface area contributed by atoms with Crippen LogP contribution in [0.15, 0.2) is 0 Å². The van der Waals surface area contributed by atoms with Crippen LogP contribution in [0.3, 0.4) is 0 Å². The molecule has 8 heteroatoms. The molecule has 0 aromatic rings. The van der Waals surface area contributed by atoms with Gasteiger partial charge < -0.3 is 15.7 Å². The lowest BCUT2D eigenvalue weighted by Crippen LogP contribution is -2.43. The van der Waals surface area contributed by atoms with E-state index >= 15 is 0 Å². The van der Waals surface area contributed by atoms with Gasteiger partial charge in [-0.2, -0.15) is 0 Å². The van der Waals surface area contributed by atoms with E-state index in [0.717, 1.165) is 4.90 Å². The first-order valence-electron chi connectivity index (χ1n) is 6.85. The van der Waals surface area contributed by atoms with Crippen LogP contribution in [0.25, 0.3) is 0 Å². The minimum absolute atomic E-state index is 0.0710. The van der Waals surface area contributed by atoms with Crippen molar-refractivity contribution in [1.82, 2.24) is 15.5 Å². The Hall–Kier alpha value is -2.12. The van der Waals surface area contributed by atoms with Crippen LogP contribution in [0.1, 0.15) is 40.0 Å². The van der Waals surface area contributed by atoms with E-state index in [9.17, 15) is 19.2 Å². The molecule has 1 atom stereocenters. The minimum Gasteiger partial charge on any atom is -0.480 e. The Kier molecular flexibility index (Phi) is 5.28. The number of carbonyl (C=O) groups excluding carboxylic acids is 3. The van der Waals surface area contributed by atoms with Gasteiger partial charge in [-0.25, -0.2) is 9.59 Å². The molecule has 21 heavy (non-hydrogen) atoms. The Bertz CT molecular complexity index is 461. The summed E-state index contributed by atoms with van der Waals surface area (Å²) in [5.74, 6) is -1.99. The van der Waals surface area contributed by atoms with Crippen LogP contribution >= 0.6 is 0 Å². The number of carboxylic acids is 1.